The highest BCUT2D eigenvalue weighted by atomic mass is 19.1. The van der Waals surface area contributed by atoms with Crippen molar-refractivity contribution < 1.29 is 9.13 Å². The fourth-order valence-electron chi connectivity index (χ4n) is 3.58. The molecule has 0 atom stereocenters. The van der Waals surface area contributed by atoms with Gasteiger partial charge in [-0.2, -0.15) is 0 Å². The smallest absolute Gasteiger partial charge is 0.124 e. The van der Waals surface area contributed by atoms with E-state index in [1.54, 1.807) is 0 Å². The van der Waals surface area contributed by atoms with E-state index in [4.69, 9.17) is 4.74 Å². The van der Waals surface area contributed by atoms with Crippen molar-refractivity contribution in [2.45, 2.75) is 26.5 Å². The number of fused-ring (bicyclic) bond motifs is 1. The maximum atomic E-state index is 13.1. The number of benzene rings is 4. The van der Waals surface area contributed by atoms with E-state index in [1.807, 2.05) is 12.1 Å². The summed E-state index contributed by atoms with van der Waals surface area (Å²) in [5.41, 5.74) is 4.69. The van der Waals surface area contributed by atoms with Gasteiger partial charge in [0.15, 0.2) is 0 Å². The van der Waals surface area contributed by atoms with Crippen LogP contribution in [0.4, 0.5) is 4.39 Å². The van der Waals surface area contributed by atoms with Crippen molar-refractivity contribution in [1.29, 1.82) is 0 Å². The number of aryl methyl sites for hydroxylation is 1. The van der Waals surface area contributed by atoms with Gasteiger partial charge in [0.2, 0.25) is 0 Å². The molecule has 0 spiro atoms. The number of hydrogen-bond donors (Lipinski definition) is 1. The average molecular weight is 400 g/mol. The molecule has 1 N–H and O–H groups in total. The van der Waals surface area contributed by atoms with Gasteiger partial charge in [-0.15, -0.1) is 0 Å². The Bertz CT molecular complexity index is 1100. The first-order valence-corrected chi connectivity index (χ1v) is 10.3. The predicted molar refractivity (Wildman–Crippen MR) is 121 cm³/mol. The van der Waals surface area contributed by atoms with E-state index >= 15 is 0 Å². The van der Waals surface area contributed by atoms with Crippen molar-refractivity contribution in [3.05, 3.63) is 113 Å². The zero-order chi connectivity index (χ0) is 20.8. The van der Waals surface area contributed by atoms with Crippen LogP contribution in [0.25, 0.3) is 10.8 Å². The molecule has 3 heteroatoms. The summed E-state index contributed by atoms with van der Waals surface area (Å²) in [5.74, 6) is 0.710. The van der Waals surface area contributed by atoms with Gasteiger partial charge in [-0.1, -0.05) is 72.3 Å². The first-order valence-electron chi connectivity index (χ1n) is 10.3. The molecule has 2 nitrogen and oxygen atoms in total. The summed E-state index contributed by atoms with van der Waals surface area (Å²) >= 11 is 0. The van der Waals surface area contributed by atoms with Crippen molar-refractivity contribution in [2.24, 2.45) is 0 Å². The molecule has 4 aromatic carbocycles. The van der Waals surface area contributed by atoms with Crippen LogP contribution in [0.3, 0.4) is 0 Å². The van der Waals surface area contributed by atoms with E-state index in [0.29, 0.717) is 13.2 Å². The minimum absolute atomic E-state index is 0.196. The average Bonchev–Trinajstić information content (AvgIpc) is 2.78. The Labute approximate surface area is 177 Å². The molecular weight excluding hydrogens is 373 g/mol. The zero-order valence-corrected chi connectivity index (χ0v) is 17.2. The van der Waals surface area contributed by atoms with Crippen molar-refractivity contribution in [1.82, 2.24) is 5.32 Å². The summed E-state index contributed by atoms with van der Waals surface area (Å²) in [6, 6.07) is 27.7. The molecule has 0 fully saturated rings. The molecule has 0 unspecified atom stereocenters. The number of hydrogen-bond acceptors (Lipinski definition) is 2. The maximum absolute atomic E-state index is 13.1. The van der Waals surface area contributed by atoms with Crippen molar-refractivity contribution >= 4 is 10.8 Å². The normalized spacial score (nSPS) is 11.0. The van der Waals surface area contributed by atoms with Crippen LogP contribution in [0.1, 0.15) is 22.3 Å². The van der Waals surface area contributed by atoms with Gasteiger partial charge in [0.1, 0.15) is 18.2 Å². The Morgan fingerprint density at radius 1 is 0.800 bits per heavy atom. The molecule has 152 valence electrons. The van der Waals surface area contributed by atoms with Gasteiger partial charge in [-0.05, 0) is 60.0 Å². The standard InChI is InChI=1S/C27H26FNO/c1-20-6-8-22(9-7-20)19-30-27-15-12-23-4-2-3-5-25(23)26(27)18-29-17-16-21-10-13-24(28)14-11-21/h2-15,29H,16-19H2,1H3. The van der Waals surface area contributed by atoms with Gasteiger partial charge in [0.05, 0.1) is 0 Å². The largest absolute Gasteiger partial charge is 0.489 e. The SMILES string of the molecule is Cc1ccc(COc2ccc3ccccc3c2CNCCc2ccc(F)cc2)cc1. The third kappa shape index (κ3) is 5.05. The summed E-state index contributed by atoms with van der Waals surface area (Å²) in [6.07, 6.45) is 0.852. The minimum Gasteiger partial charge on any atom is -0.489 e. The van der Waals surface area contributed by atoms with Gasteiger partial charge in [0.25, 0.3) is 0 Å². The summed E-state index contributed by atoms with van der Waals surface area (Å²) in [6.45, 7) is 4.16. The number of ether oxygens (including phenoxy) is 1. The lowest BCUT2D eigenvalue weighted by molar-refractivity contribution is 0.303. The van der Waals surface area contributed by atoms with E-state index in [1.165, 1.54) is 34.0 Å². The summed E-state index contributed by atoms with van der Waals surface area (Å²) in [5, 5.41) is 5.94. The zero-order valence-electron chi connectivity index (χ0n) is 17.2. The van der Waals surface area contributed by atoms with Crippen molar-refractivity contribution in [3.8, 4) is 5.75 Å². The first-order chi connectivity index (χ1) is 14.7. The van der Waals surface area contributed by atoms with Crippen LogP contribution < -0.4 is 10.1 Å². The lowest BCUT2D eigenvalue weighted by atomic mass is 10.0. The van der Waals surface area contributed by atoms with Crippen LogP contribution in [0, 0.1) is 12.7 Å². The minimum atomic E-state index is -0.196. The van der Waals surface area contributed by atoms with Crippen LogP contribution in [0.2, 0.25) is 0 Å². The Kier molecular flexibility index (Phi) is 6.41. The van der Waals surface area contributed by atoms with Gasteiger partial charge >= 0.3 is 0 Å². The number of nitrogens with one attached hydrogen (secondary N) is 1. The van der Waals surface area contributed by atoms with E-state index < -0.39 is 0 Å². The van der Waals surface area contributed by atoms with Gasteiger partial charge in [-0.3, -0.25) is 0 Å². The molecule has 4 rings (SSSR count). The van der Waals surface area contributed by atoms with Crippen molar-refractivity contribution in [3.63, 3.8) is 0 Å². The van der Waals surface area contributed by atoms with E-state index in [0.717, 1.165) is 29.8 Å². The molecule has 0 heterocycles. The molecule has 0 aromatic heterocycles. The molecule has 0 radical (unpaired) electrons. The number of rotatable bonds is 8. The Hall–Kier alpha value is -3.17. The Balaban J connectivity index is 1.47. The van der Waals surface area contributed by atoms with Crippen LogP contribution >= 0.6 is 0 Å². The van der Waals surface area contributed by atoms with E-state index in [2.05, 4.69) is 72.9 Å². The second-order valence-electron chi connectivity index (χ2n) is 7.59. The fourth-order valence-corrected chi connectivity index (χ4v) is 3.58. The molecule has 4 aromatic rings. The Morgan fingerprint density at radius 2 is 1.53 bits per heavy atom. The van der Waals surface area contributed by atoms with Crippen molar-refractivity contribution in [2.75, 3.05) is 6.54 Å². The second kappa shape index (κ2) is 9.55. The van der Waals surface area contributed by atoms with Crippen LogP contribution in [-0.4, -0.2) is 6.54 Å². The Morgan fingerprint density at radius 3 is 2.33 bits per heavy atom. The quantitative estimate of drug-likeness (QED) is 0.356. The van der Waals surface area contributed by atoms with Crippen LogP contribution in [-0.2, 0) is 19.6 Å². The highest BCUT2D eigenvalue weighted by Crippen LogP contribution is 2.29. The van der Waals surface area contributed by atoms with Gasteiger partial charge < -0.3 is 10.1 Å². The molecule has 0 aliphatic rings. The summed E-state index contributed by atoms with van der Waals surface area (Å²) in [7, 11) is 0. The highest BCUT2D eigenvalue weighted by Gasteiger charge is 2.09. The lowest BCUT2D eigenvalue weighted by Gasteiger charge is -2.15. The van der Waals surface area contributed by atoms with E-state index in [9.17, 15) is 4.39 Å². The third-order valence-corrected chi connectivity index (χ3v) is 5.32. The summed E-state index contributed by atoms with van der Waals surface area (Å²) in [4.78, 5) is 0. The molecule has 0 aliphatic heterocycles. The molecule has 0 bridgehead atoms. The highest BCUT2D eigenvalue weighted by molar-refractivity contribution is 5.87. The monoisotopic (exact) mass is 399 g/mol. The van der Waals surface area contributed by atoms with E-state index in [-0.39, 0.29) is 5.82 Å². The molecule has 0 saturated heterocycles. The predicted octanol–water partition coefficient (Wildman–Crippen LogP) is 6.20. The van der Waals surface area contributed by atoms with Crippen LogP contribution in [0.5, 0.6) is 5.75 Å². The first kappa shape index (κ1) is 20.1. The molecule has 30 heavy (non-hydrogen) atoms. The molecule has 0 amide bonds. The third-order valence-electron chi connectivity index (χ3n) is 5.32. The molecule has 0 saturated carbocycles. The second-order valence-corrected chi connectivity index (χ2v) is 7.59. The van der Waals surface area contributed by atoms with Gasteiger partial charge in [0, 0.05) is 12.1 Å². The van der Waals surface area contributed by atoms with Gasteiger partial charge in [-0.25, -0.2) is 4.39 Å². The van der Waals surface area contributed by atoms with Crippen LogP contribution in [0.15, 0.2) is 84.9 Å². The molecule has 0 aliphatic carbocycles. The lowest BCUT2D eigenvalue weighted by Crippen LogP contribution is -2.17. The fraction of sp³-hybridized carbons (Fsp3) is 0.185. The summed E-state index contributed by atoms with van der Waals surface area (Å²) < 4.78 is 19.3. The maximum Gasteiger partial charge on any atom is 0.124 e. The molecular formula is C27H26FNO. The topological polar surface area (TPSA) is 21.3 Å². The number of halogens is 1.